The van der Waals surface area contributed by atoms with Crippen molar-refractivity contribution >= 4 is 57.5 Å². The second-order valence-corrected chi connectivity index (χ2v) is 11.8. The molecule has 47 heavy (non-hydrogen) atoms. The van der Waals surface area contributed by atoms with Crippen LogP contribution in [0.15, 0.2) is 78.0 Å². The number of nitrogens with one attached hydrogen (secondary N) is 1. The highest BCUT2D eigenvalue weighted by molar-refractivity contribution is 8.15. The monoisotopic (exact) mass is 712 g/mol. The van der Waals surface area contributed by atoms with Gasteiger partial charge < -0.3 is 10.1 Å². The van der Waals surface area contributed by atoms with Crippen molar-refractivity contribution in [1.29, 1.82) is 0 Å². The van der Waals surface area contributed by atoms with Gasteiger partial charge in [-0.3, -0.25) is 9.69 Å². The lowest BCUT2D eigenvalue weighted by molar-refractivity contribution is -0.274. The predicted molar refractivity (Wildman–Crippen MR) is 171 cm³/mol. The molecule has 1 aliphatic rings. The lowest BCUT2D eigenvalue weighted by Gasteiger charge is -2.22. The van der Waals surface area contributed by atoms with Gasteiger partial charge in [0.15, 0.2) is 16.1 Å². The van der Waals surface area contributed by atoms with Crippen LogP contribution in [0.4, 0.5) is 32.0 Å². The number of alkyl halides is 6. The Morgan fingerprint density at radius 2 is 1.79 bits per heavy atom. The van der Waals surface area contributed by atoms with E-state index < -0.39 is 29.7 Å². The van der Waals surface area contributed by atoms with E-state index >= 15 is 0 Å². The second kappa shape index (κ2) is 13.9. The molecule has 5 rings (SSSR count). The number of thiocarbonyl (C=S) groups is 1. The molecule has 1 aromatic heterocycles. The molecule has 8 nitrogen and oxygen atoms in total. The van der Waals surface area contributed by atoms with Gasteiger partial charge in [-0.1, -0.05) is 54.6 Å². The van der Waals surface area contributed by atoms with Crippen molar-refractivity contribution in [3.8, 4) is 22.8 Å². The molecule has 0 bridgehead atoms. The maximum Gasteiger partial charge on any atom is 0.573 e. The van der Waals surface area contributed by atoms with Crippen molar-refractivity contribution in [1.82, 2.24) is 20.1 Å². The number of ether oxygens (including phenoxy) is 1. The second-order valence-electron chi connectivity index (χ2n) is 10.0. The molecule has 1 atom stereocenters. The highest BCUT2D eigenvalue weighted by Crippen LogP contribution is 2.40. The first kappa shape index (κ1) is 34.2. The number of carbonyl (C=O) groups excluding carboxylic acids is 1. The van der Waals surface area contributed by atoms with Crippen LogP contribution in [0, 0.1) is 0 Å². The summed E-state index contributed by atoms with van der Waals surface area (Å²) in [6.07, 6.45) is -7.35. The lowest BCUT2D eigenvalue weighted by Crippen LogP contribution is -2.33. The van der Waals surface area contributed by atoms with Crippen LogP contribution in [-0.4, -0.2) is 49.6 Å². The van der Waals surface area contributed by atoms with Crippen LogP contribution in [0.25, 0.3) is 17.1 Å². The van der Waals surface area contributed by atoms with Crippen LogP contribution in [0.2, 0.25) is 5.02 Å². The molecule has 17 heteroatoms. The van der Waals surface area contributed by atoms with Crippen molar-refractivity contribution < 1.29 is 35.9 Å². The number of carbonyl (C=O) groups is 1. The van der Waals surface area contributed by atoms with Gasteiger partial charge >= 0.3 is 12.5 Å². The number of thioether (sulfide) groups is 1. The molecule has 0 aliphatic carbocycles. The average molecular weight is 713 g/mol. The first-order valence-corrected chi connectivity index (χ1v) is 15.6. The molecule has 4 aromatic rings. The Kier molecular flexibility index (Phi) is 10.1. The molecule has 1 saturated heterocycles. The molecule has 1 aliphatic heterocycles. The molecule has 2 heterocycles. The van der Waals surface area contributed by atoms with E-state index in [2.05, 4.69) is 25.1 Å². The van der Waals surface area contributed by atoms with E-state index in [0.29, 0.717) is 30.0 Å². The maximum absolute atomic E-state index is 13.7. The molecule has 0 radical (unpaired) electrons. The molecule has 3 aromatic carbocycles. The van der Waals surface area contributed by atoms with Gasteiger partial charge in [0, 0.05) is 23.0 Å². The van der Waals surface area contributed by atoms with Crippen LogP contribution in [-0.2, 0) is 11.0 Å². The first-order chi connectivity index (χ1) is 22.2. The third-order valence-electron chi connectivity index (χ3n) is 6.93. The predicted octanol–water partition coefficient (Wildman–Crippen LogP) is 8.01. The number of hydrogen-bond acceptors (Lipinski definition) is 6. The molecular weight excluding hydrogens is 690 g/mol. The fraction of sp³-hybridized carbons (Fsp3) is 0.233. The van der Waals surface area contributed by atoms with E-state index in [4.69, 9.17) is 23.8 Å². The minimum absolute atomic E-state index is 0.00518. The Bertz CT molecular complexity index is 1800. The zero-order valence-electron chi connectivity index (χ0n) is 24.1. The summed E-state index contributed by atoms with van der Waals surface area (Å²) in [6.45, 7) is 2.34. The zero-order valence-corrected chi connectivity index (χ0v) is 26.5. The van der Waals surface area contributed by atoms with E-state index in [-0.39, 0.29) is 32.7 Å². The van der Waals surface area contributed by atoms with Gasteiger partial charge in [0.1, 0.15) is 12.1 Å². The minimum atomic E-state index is -4.79. The van der Waals surface area contributed by atoms with Crippen LogP contribution >= 0.6 is 35.6 Å². The molecule has 1 unspecified atom stereocenters. The highest BCUT2D eigenvalue weighted by atomic mass is 35.5. The topological polar surface area (TPSA) is 84.6 Å². The summed E-state index contributed by atoms with van der Waals surface area (Å²) < 4.78 is 83.7. The van der Waals surface area contributed by atoms with Crippen molar-refractivity contribution in [2.45, 2.75) is 31.8 Å². The van der Waals surface area contributed by atoms with Crippen molar-refractivity contribution in [3.63, 3.8) is 0 Å². The quantitative estimate of drug-likeness (QED) is 0.146. The van der Waals surface area contributed by atoms with Gasteiger partial charge in [-0.25, -0.2) is 9.67 Å². The van der Waals surface area contributed by atoms with Crippen LogP contribution in [0.1, 0.15) is 30.4 Å². The Morgan fingerprint density at radius 3 is 2.43 bits per heavy atom. The number of aliphatic imine (C=N–C) groups is 1. The Hall–Kier alpha value is -4.15. The van der Waals surface area contributed by atoms with Gasteiger partial charge in [0.05, 0.1) is 22.7 Å². The standard InChI is InChI=1S/C30H23ClF6N6O2S2/c1-2-17(14-38-27(46)40-28-43(25(44)15-47-28)24-13-20(31)7-12-23(24)29(32,33)34)18-3-5-19(6-4-18)26-39-16-42(41-26)21-8-10-22(11-9-21)45-30(35,36)37/h3-13,16-17H,2,14-15H2,1H3,(H,38,46). The highest BCUT2D eigenvalue weighted by Gasteiger charge is 2.40. The normalized spacial score (nSPS) is 15.3. The van der Waals surface area contributed by atoms with Gasteiger partial charge in [0.2, 0.25) is 5.91 Å². The SMILES string of the molecule is CCC(CNC(=S)N=C1SCC(=O)N1c1cc(Cl)ccc1C(F)(F)F)c1ccc(-c2ncn(-c3ccc(OC(F)(F)F)cc3)n2)cc1. The summed E-state index contributed by atoms with van der Waals surface area (Å²) in [4.78, 5) is 22.1. The van der Waals surface area contributed by atoms with Crippen LogP contribution < -0.4 is 15.0 Å². The van der Waals surface area contributed by atoms with E-state index in [1.165, 1.54) is 35.3 Å². The molecular formula is C30H23ClF6N6O2S2. The summed E-state index contributed by atoms with van der Waals surface area (Å²) in [5.74, 6) is -0.660. The van der Waals surface area contributed by atoms with Gasteiger partial charge in [-0.15, -0.1) is 18.3 Å². The van der Waals surface area contributed by atoms with E-state index in [1.807, 2.05) is 31.2 Å². The average Bonchev–Trinajstić information content (AvgIpc) is 3.64. The number of aromatic nitrogens is 3. The molecule has 0 saturated carbocycles. The third-order valence-corrected chi connectivity index (χ3v) is 8.32. The number of benzene rings is 3. The van der Waals surface area contributed by atoms with E-state index in [0.717, 1.165) is 40.4 Å². The van der Waals surface area contributed by atoms with Crippen LogP contribution in [0.3, 0.4) is 0 Å². The van der Waals surface area contributed by atoms with E-state index in [9.17, 15) is 31.1 Å². The number of amides is 1. The molecule has 0 spiro atoms. The number of nitrogens with zero attached hydrogens (tertiary/aromatic N) is 5. The van der Waals surface area contributed by atoms with Gasteiger partial charge in [-0.05, 0) is 66.7 Å². The Morgan fingerprint density at radius 1 is 1.09 bits per heavy atom. The van der Waals surface area contributed by atoms with Crippen molar-refractivity contribution in [3.05, 3.63) is 89.2 Å². The smallest absolute Gasteiger partial charge is 0.406 e. The van der Waals surface area contributed by atoms with Crippen LogP contribution in [0.5, 0.6) is 5.75 Å². The molecule has 246 valence electrons. The van der Waals surface area contributed by atoms with E-state index in [1.54, 1.807) is 0 Å². The van der Waals surface area contributed by atoms with Gasteiger partial charge in [0.25, 0.3) is 0 Å². The summed E-state index contributed by atoms with van der Waals surface area (Å²) in [5, 5.41) is 7.49. The fourth-order valence-electron chi connectivity index (χ4n) is 4.67. The minimum Gasteiger partial charge on any atom is -0.406 e. The zero-order chi connectivity index (χ0) is 33.9. The summed E-state index contributed by atoms with van der Waals surface area (Å²) >= 11 is 12.3. The van der Waals surface area contributed by atoms with Crippen molar-refractivity contribution in [2.75, 3.05) is 17.2 Å². The number of halogens is 7. The third kappa shape index (κ3) is 8.42. The number of amidine groups is 1. The Labute approximate surface area is 278 Å². The Balaban J connectivity index is 1.24. The van der Waals surface area contributed by atoms with Crippen molar-refractivity contribution in [2.24, 2.45) is 4.99 Å². The lowest BCUT2D eigenvalue weighted by atomic mass is 9.95. The largest absolute Gasteiger partial charge is 0.573 e. The summed E-state index contributed by atoms with van der Waals surface area (Å²) in [7, 11) is 0. The van der Waals surface area contributed by atoms with Gasteiger partial charge in [-0.2, -0.15) is 18.2 Å². The first-order valence-electron chi connectivity index (χ1n) is 13.8. The number of hydrogen-bond donors (Lipinski definition) is 1. The summed E-state index contributed by atoms with van der Waals surface area (Å²) in [5.41, 5.74) is 0.717. The maximum atomic E-state index is 13.7. The number of rotatable bonds is 8. The molecule has 1 N–H and O–H groups in total. The fourth-order valence-corrected chi connectivity index (χ4v) is 5.93. The molecule has 1 fully saturated rings. The summed E-state index contributed by atoms with van der Waals surface area (Å²) in [6, 6.07) is 15.7. The number of anilines is 1. The molecule has 1 amide bonds.